The van der Waals surface area contributed by atoms with Crippen molar-refractivity contribution in [1.29, 1.82) is 0 Å². The van der Waals surface area contributed by atoms with E-state index in [1.54, 1.807) is 19.9 Å². The number of hydrogen-bond donors (Lipinski definition) is 1. The minimum Gasteiger partial charge on any atom is -0.457 e. The maximum atomic E-state index is 14.2. The summed E-state index contributed by atoms with van der Waals surface area (Å²) in [5, 5.41) is 11.9. The van der Waals surface area contributed by atoms with Gasteiger partial charge in [0.05, 0.1) is 18.1 Å². The Bertz CT molecular complexity index is 1100. The lowest BCUT2D eigenvalue weighted by Gasteiger charge is -2.59. The third-order valence-corrected chi connectivity index (χ3v) is 11.5. The number of carbonyl (C=O) groups excluding carboxylic acids is 3. The highest BCUT2D eigenvalue weighted by Gasteiger charge is 2.76. The van der Waals surface area contributed by atoms with Crippen molar-refractivity contribution in [3.8, 4) is 0 Å². The summed E-state index contributed by atoms with van der Waals surface area (Å²) in [6.45, 7) is 7.43. The molecule has 5 aliphatic carbocycles. The van der Waals surface area contributed by atoms with Crippen LogP contribution in [-0.2, 0) is 28.6 Å². The van der Waals surface area contributed by atoms with Gasteiger partial charge < -0.3 is 19.3 Å². The minimum atomic E-state index is -1.26. The van der Waals surface area contributed by atoms with E-state index in [9.17, 15) is 19.5 Å². The predicted octanol–water partition coefficient (Wildman–Crippen LogP) is 4.70. The molecule has 0 amide bonds. The van der Waals surface area contributed by atoms with Gasteiger partial charge in [-0.3, -0.25) is 14.4 Å². The fraction of sp³-hybridized carbons (Fsp3) is 0.781. The van der Waals surface area contributed by atoms with E-state index >= 15 is 0 Å². The second-order valence-corrected chi connectivity index (χ2v) is 13.9. The Morgan fingerprint density at radius 2 is 1.92 bits per heavy atom. The molecule has 0 aromatic rings. The van der Waals surface area contributed by atoms with E-state index in [-0.39, 0.29) is 53.2 Å². The molecular weight excluding hydrogens is 496 g/mol. The number of esters is 1. The number of ether oxygens (including phenoxy) is 3. The summed E-state index contributed by atoms with van der Waals surface area (Å²) in [4.78, 5) is 38.8. The van der Waals surface area contributed by atoms with Crippen molar-refractivity contribution in [2.75, 3.05) is 6.61 Å². The molecule has 6 aliphatic rings. The summed E-state index contributed by atoms with van der Waals surface area (Å²) >= 11 is 0. The molecule has 6 rings (SSSR count). The van der Waals surface area contributed by atoms with Gasteiger partial charge in [0.1, 0.15) is 0 Å². The summed E-state index contributed by atoms with van der Waals surface area (Å²) in [6.07, 6.45) is 12.1. The molecule has 214 valence electrons. The highest BCUT2D eigenvalue weighted by atomic mass is 16.7. The number of fused-ring (bicyclic) bond motifs is 7. The molecule has 39 heavy (non-hydrogen) atoms. The Labute approximate surface area is 231 Å². The summed E-state index contributed by atoms with van der Waals surface area (Å²) in [5.74, 6) is -0.439. The van der Waals surface area contributed by atoms with Crippen LogP contribution in [0.15, 0.2) is 23.8 Å². The van der Waals surface area contributed by atoms with Gasteiger partial charge in [0.25, 0.3) is 0 Å². The molecule has 0 aromatic carbocycles. The van der Waals surface area contributed by atoms with E-state index < -0.39 is 35.5 Å². The molecule has 7 nitrogen and oxygen atoms in total. The Hall–Kier alpha value is -1.83. The number of ketones is 2. The second-order valence-electron chi connectivity index (χ2n) is 13.9. The lowest BCUT2D eigenvalue weighted by atomic mass is 9.47. The monoisotopic (exact) mass is 540 g/mol. The fourth-order valence-corrected chi connectivity index (χ4v) is 9.53. The topological polar surface area (TPSA) is 99.1 Å². The number of Topliss-reactive ketones (excluding diaryl/α,β-unsaturated/α-hetero) is 1. The predicted molar refractivity (Wildman–Crippen MR) is 143 cm³/mol. The molecular formula is C32H44O7. The third-order valence-electron chi connectivity index (χ3n) is 11.5. The maximum Gasteiger partial charge on any atom is 0.308 e. The van der Waals surface area contributed by atoms with Gasteiger partial charge in [0.2, 0.25) is 5.78 Å². The molecule has 0 radical (unpaired) electrons. The van der Waals surface area contributed by atoms with Crippen LogP contribution in [0, 0.1) is 40.4 Å². The van der Waals surface area contributed by atoms with Crippen LogP contribution in [0.25, 0.3) is 0 Å². The Morgan fingerprint density at radius 1 is 1.18 bits per heavy atom. The molecule has 7 heteroatoms. The molecule has 1 heterocycles. The van der Waals surface area contributed by atoms with Gasteiger partial charge in [-0.05, 0) is 50.0 Å². The molecule has 0 aromatic heterocycles. The average Bonchev–Trinajstić information content (AvgIpc) is 3.41. The van der Waals surface area contributed by atoms with Crippen molar-refractivity contribution in [3.63, 3.8) is 0 Å². The average molecular weight is 541 g/mol. The highest BCUT2D eigenvalue weighted by Crippen LogP contribution is 2.69. The molecule has 4 fully saturated rings. The maximum absolute atomic E-state index is 14.2. The summed E-state index contributed by atoms with van der Waals surface area (Å²) in [5.41, 5.74) is -1.20. The van der Waals surface area contributed by atoms with E-state index in [2.05, 4.69) is 19.9 Å². The van der Waals surface area contributed by atoms with Crippen LogP contribution in [0.2, 0.25) is 0 Å². The highest BCUT2D eigenvalue weighted by molar-refractivity contribution is 5.94. The van der Waals surface area contributed by atoms with Crippen molar-refractivity contribution in [1.82, 2.24) is 0 Å². The van der Waals surface area contributed by atoms with Gasteiger partial charge in [-0.15, -0.1) is 0 Å². The van der Waals surface area contributed by atoms with Crippen molar-refractivity contribution in [3.05, 3.63) is 23.8 Å². The summed E-state index contributed by atoms with van der Waals surface area (Å²) in [7, 11) is 0. The molecule has 1 aliphatic heterocycles. The van der Waals surface area contributed by atoms with Crippen molar-refractivity contribution in [2.24, 2.45) is 40.4 Å². The van der Waals surface area contributed by atoms with Gasteiger partial charge in [-0.1, -0.05) is 64.7 Å². The van der Waals surface area contributed by atoms with Crippen LogP contribution in [0.1, 0.15) is 85.5 Å². The zero-order valence-corrected chi connectivity index (χ0v) is 23.8. The first-order valence-corrected chi connectivity index (χ1v) is 15.1. The molecule has 3 saturated carbocycles. The standard InChI is InChI=1S/C32H44O7/c1-18(2)28(36)37-17-25(35)32-26(38-29(39-32)19-8-6-5-7-9-19)15-23-22-11-10-20-14-21(33)12-13-30(20,3)27(22)24(34)16-31(23,32)4/h10,12-13,18-19,22-24,26-27,29,34H,5-9,11,14-17H2,1-4H3/t22?,23?,24-,26+,27?,29+,30-,31-,32+/m0/s1. The first-order valence-electron chi connectivity index (χ1n) is 15.1. The van der Waals surface area contributed by atoms with E-state index in [0.29, 0.717) is 19.3 Å². The molecule has 3 unspecified atom stereocenters. The zero-order chi connectivity index (χ0) is 27.7. The fourth-order valence-electron chi connectivity index (χ4n) is 9.53. The number of allylic oxidation sites excluding steroid dienone is 4. The van der Waals surface area contributed by atoms with Crippen LogP contribution in [0.4, 0.5) is 0 Å². The van der Waals surface area contributed by atoms with Gasteiger partial charge in [-0.2, -0.15) is 0 Å². The zero-order valence-electron chi connectivity index (χ0n) is 23.8. The first kappa shape index (κ1) is 27.3. The van der Waals surface area contributed by atoms with E-state index in [1.807, 2.05) is 6.08 Å². The largest absolute Gasteiger partial charge is 0.457 e. The van der Waals surface area contributed by atoms with Crippen LogP contribution in [0.3, 0.4) is 0 Å². The lowest BCUT2D eigenvalue weighted by molar-refractivity contribution is -0.208. The normalized spacial score (nSPS) is 45.3. The van der Waals surface area contributed by atoms with Crippen LogP contribution < -0.4 is 0 Å². The molecule has 0 spiro atoms. The van der Waals surface area contributed by atoms with E-state index in [0.717, 1.165) is 37.7 Å². The van der Waals surface area contributed by atoms with Crippen LogP contribution >= 0.6 is 0 Å². The third kappa shape index (κ3) is 3.97. The van der Waals surface area contributed by atoms with Crippen LogP contribution in [-0.4, -0.2) is 53.3 Å². The first-order chi connectivity index (χ1) is 18.5. The van der Waals surface area contributed by atoms with Gasteiger partial charge in [0, 0.05) is 29.1 Å². The number of hydrogen-bond acceptors (Lipinski definition) is 7. The van der Waals surface area contributed by atoms with Gasteiger partial charge >= 0.3 is 5.97 Å². The second kappa shape index (κ2) is 9.63. The van der Waals surface area contributed by atoms with Gasteiger partial charge in [0.15, 0.2) is 24.3 Å². The summed E-state index contributed by atoms with van der Waals surface area (Å²) in [6, 6.07) is 0. The molecule has 9 atom stereocenters. The van der Waals surface area contributed by atoms with E-state index in [4.69, 9.17) is 14.2 Å². The van der Waals surface area contributed by atoms with Gasteiger partial charge in [-0.25, -0.2) is 0 Å². The van der Waals surface area contributed by atoms with Crippen molar-refractivity contribution >= 4 is 17.5 Å². The lowest BCUT2D eigenvalue weighted by Crippen LogP contribution is -2.63. The Kier molecular flexibility index (Phi) is 6.75. The molecule has 1 N–H and O–H groups in total. The van der Waals surface area contributed by atoms with E-state index in [1.165, 1.54) is 6.42 Å². The molecule has 0 bridgehead atoms. The number of carbonyl (C=O) groups is 3. The number of aliphatic hydroxyl groups is 1. The number of aliphatic hydroxyl groups excluding tert-OH is 1. The van der Waals surface area contributed by atoms with Crippen molar-refractivity contribution < 1.29 is 33.7 Å². The van der Waals surface area contributed by atoms with Crippen LogP contribution in [0.5, 0.6) is 0 Å². The van der Waals surface area contributed by atoms with Crippen molar-refractivity contribution in [2.45, 2.75) is 110 Å². The Morgan fingerprint density at radius 3 is 2.64 bits per heavy atom. The minimum absolute atomic E-state index is 0.0428. The molecule has 1 saturated heterocycles. The summed E-state index contributed by atoms with van der Waals surface area (Å²) < 4.78 is 19.0. The smallest absolute Gasteiger partial charge is 0.308 e. The Balaban J connectivity index is 1.36. The SMILES string of the molecule is CC(C)C(=O)OCC(=O)[C@@]12O[C@H](C3CCCCC3)O[C@@H]1CC1C3CC=C4CC(=O)C=C[C@]4(C)C3[C@@H](O)C[C@@]12C. The number of rotatable bonds is 5. The quantitative estimate of drug-likeness (QED) is 0.398.